The fourth-order valence-corrected chi connectivity index (χ4v) is 1.03. The van der Waals surface area contributed by atoms with Crippen LogP contribution in [-0.4, -0.2) is 0 Å². The number of nitrogens with two attached hydrogens (primary N) is 1. The fraction of sp³-hybridized carbons (Fsp3) is 0.500. The second-order valence-electron chi connectivity index (χ2n) is 2.60. The Labute approximate surface area is 56.2 Å². The molecule has 0 aromatic rings. The summed E-state index contributed by atoms with van der Waals surface area (Å²) in [6, 6.07) is 0. The molecule has 0 unspecified atom stereocenters. The maximum atomic E-state index is 5.67. The first-order valence-electron chi connectivity index (χ1n) is 3.34. The molecule has 0 amide bonds. The maximum absolute atomic E-state index is 5.67. The monoisotopic (exact) mass is 123 g/mol. The van der Waals surface area contributed by atoms with Gasteiger partial charge in [-0.3, -0.25) is 0 Å². The zero-order chi connectivity index (χ0) is 6.85. The molecule has 2 N–H and O–H groups in total. The minimum atomic E-state index is 0.971. The maximum Gasteiger partial charge on any atom is 0.0302 e. The van der Waals surface area contributed by atoms with Crippen molar-refractivity contribution in [1.82, 2.24) is 0 Å². The first-order chi connectivity index (χ1) is 4.22. The van der Waals surface area contributed by atoms with Gasteiger partial charge in [0.15, 0.2) is 0 Å². The normalized spacial score (nSPS) is 20.0. The van der Waals surface area contributed by atoms with Crippen molar-refractivity contribution in [2.75, 3.05) is 0 Å². The van der Waals surface area contributed by atoms with Crippen molar-refractivity contribution in [2.45, 2.75) is 26.7 Å². The van der Waals surface area contributed by atoms with E-state index in [-0.39, 0.29) is 0 Å². The summed E-state index contributed by atoms with van der Waals surface area (Å²) in [5.74, 6) is 0. The van der Waals surface area contributed by atoms with Gasteiger partial charge in [-0.25, -0.2) is 0 Å². The average molecular weight is 123 g/mol. The van der Waals surface area contributed by atoms with E-state index in [4.69, 9.17) is 5.73 Å². The van der Waals surface area contributed by atoms with E-state index in [1.165, 1.54) is 17.6 Å². The molecule has 0 heterocycles. The van der Waals surface area contributed by atoms with E-state index in [0.29, 0.717) is 0 Å². The van der Waals surface area contributed by atoms with Crippen molar-refractivity contribution in [2.24, 2.45) is 5.73 Å². The molecule has 0 bridgehead atoms. The highest BCUT2D eigenvalue weighted by molar-refractivity contribution is 5.33. The van der Waals surface area contributed by atoms with Gasteiger partial charge in [-0.1, -0.05) is 11.6 Å². The molecule has 0 spiro atoms. The molecule has 0 aromatic carbocycles. The predicted molar refractivity (Wildman–Crippen MR) is 39.9 cm³/mol. The Morgan fingerprint density at radius 3 is 2.56 bits per heavy atom. The van der Waals surface area contributed by atoms with Crippen LogP contribution in [0.15, 0.2) is 22.9 Å². The summed E-state index contributed by atoms with van der Waals surface area (Å²) in [6.07, 6.45) is 4.41. The first-order valence-corrected chi connectivity index (χ1v) is 3.34. The molecule has 1 rings (SSSR count). The van der Waals surface area contributed by atoms with Crippen LogP contribution in [0, 0.1) is 0 Å². The van der Waals surface area contributed by atoms with E-state index in [2.05, 4.69) is 19.9 Å². The van der Waals surface area contributed by atoms with E-state index in [0.717, 1.165) is 12.1 Å². The van der Waals surface area contributed by atoms with E-state index in [1.54, 1.807) is 0 Å². The van der Waals surface area contributed by atoms with Crippen LogP contribution in [0.3, 0.4) is 0 Å². The smallest absolute Gasteiger partial charge is 0.0302 e. The van der Waals surface area contributed by atoms with Gasteiger partial charge < -0.3 is 5.73 Å². The highest BCUT2D eigenvalue weighted by Crippen LogP contribution is 2.20. The van der Waals surface area contributed by atoms with Crippen LogP contribution in [0.1, 0.15) is 26.7 Å². The lowest BCUT2D eigenvalue weighted by Gasteiger charge is -2.12. The van der Waals surface area contributed by atoms with Gasteiger partial charge in [-0.05, 0) is 32.3 Å². The minimum Gasteiger partial charge on any atom is -0.399 e. The van der Waals surface area contributed by atoms with Crippen LogP contribution < -0.4 is 5.73 Å². The molecule has 0 atom stereocenters. The third-order valence-corrected chi connectivity index (χ3v) is 1.96. The average Bonchev–Trinajstić information content (AvgIpc) is 1.83. The molecule has 50 valence electrons. The van der Waals surface area contributed by atoms with E-state index in [9.17, 15) is 0 Å². The van der Waals surface area contributed by atoms with Crippen molar-refractivity contribution < 1.29 is 0 Å². The van der Waals surface area contributed by atoms with Gasteiger partial charge in [0.25, 0.3) is 0 Å². The lowest BCUT2D eigenvalue weighted by atomic mass is 9.98. The van der Waals surface area contributed by atoms with Gasteiger partial charge in [0.05, 0.1) is 0 Å². The van der Waals surface area contributed by atoms with Crippen LogP contribution in [0.2, 0.25) is 0 Å². The molecule has 0 saturated carbocycles. The van der Waals surface area contributed by atoms with Crippen molar-refractivity contribution in [3.05, 3.63) is 22.9 Å². The topological polar surface area (TPSA) is 26.0 Å². The van der Waals surface area contributed by atoms with Crippen LogP contribution in [-0.2, 0) is 0 Å². The van der Waals surface area contributed by atoms with Gasteiger partial charge in [-0.2, -0.15) is 0 Å². The summed E-state index contributed by atoms with van der Waals surface area (Å²) in [6.45, 7) is 4.23. The van der Waals surface area contributed by atoms with E-state index < -0.39 is 0 Å². The zero-order valence-electron chi connectivity index (χ0n) is 6.07. The third kappa shape index (κ3) is 1.15. The molecule has 0 aliphatic heterocycles. The number of hydrogen-bond acceptors (Lipinski definition) is 1. The number of hydrogen-bond donors (Lipinski definition) is 1. The van der Waals surface area contributed by atoms with Crippen LogP contribution in [0.5, 0.6) is 0 Å². The summed E-state index contributed by atoms with van der Waals surface area (Å²) < 4.78 is 0. The second-order valence-corrected chi connectivity index (χ2v) is 2.60. The van der Waals surface area contributed by atoms with E-state index in [1.807, 2.05) is 0 Å². The summed E-state index contributed by atoms with van der Waals surface area (Å²) in [5, 5.41) is 0. The second kappa shape index (κ2) is 2.26. The van der Waals surface area contributed by atoms with Gasteiger partial charge >= 0.3 is 0 Å². The van der Waals surface area contributed by atoms with Crippen molar-refractivity contribution in [3.8, 4) is 0 Å². The highest BCUT2D eigenvalue weighted by Gasteiger charge is 2.03. The zero-order valence-corrected chi connectivity index (χ0v) is 6.07. The minimum absolute atomic E-state index is 0.971. The van der Waals surface area contributed by atoms with Gasteiger partial charge in [0.1, 0.15) is 0 Å². The van der Waals surface area contributed by atoms with Crippen LogP contribution >= 0.6 is 0 Å². The Morgan fingerprint density at radius 1 is 1.44 bits per heavy atom. The Balaban J connectivity index is 2.88. The summed E-state index contributed by atoms with van der Waals surface area (Å²) >= 11 is 0. The molecule has 1 aliphatic carbocycles. The summed E-state index contributed by atoms with van der Waals surface area (Å²) in [7, 11) is 0. The predicted octanol–water partition coefficient (Wildman–Crippen LogP) is 1.96. The molecule has 0 fully saturated rings. The lowest BCUT2D eigenvalue weighted by molar-refractivity contribution is 0.912. The van der Waals surface area contributed by atoms with Gasteiger partial charge in [0, 0.05) is 5.70 Å². The fourth-order valence-electron chi connectivity index (χ4n) is 1.03. The Bertz CT molecular complexity index is 175. The molecule has 0 saturated heterocycles. The number of allylic oxidation sites excluding steroid dienone is 3. The molecule has 0 radical (unpaired) electrons. The summed E-state index contributed by atoms with van der Waals surface area (Å²) in [4.78, 5) is 0. The number of rotatable bonds is 0. The highest BCUT2D eigenvalue weighted by atomic mass is 14.6. The van der Waals surface area contributed by atoms with Gasteiger partial charge in [0.2, 0.25) is 0 Å². The summed E-state index contributed by atoms with van der Waals surface area (Å²) in [5.41, 5.74) is 9.36. The molecule has 1 aliphatic rings. The quantitative estimate of drug-likeness (QED) is 0.523. The van der Waals surface area contributed by atoms with Crippen molar-refractivity contribution >= 4 is 0 Å². The molecular weight excluding hydrogens is 110 g/mol. The first kappa shape index (κ1) is 6.40. The molecular formula is C8H13N. The SMILES string of the molecule is CC1=C(C)C(N)=CCC1. The molecule has 1 heteroatoms. The van der Waals surface area contributed by atoms with Gasteiger partial charge in [-0.15, -0.1) is 0 Å². The lowest BCUT2D eigenvalue weighted by Crippen LogP contribution is -2.04. The van der Waals surface area contributed by atoms with Crippen LogP contribution in [0.4, 0.5) is 0 Å². The van der Waals surface area contributed by atoms with Crippen molar-refractivity contribution in [1.29, 1.82) is 0 Å². The Morgan fingerprint density at radius 2 is 2.11 bits per heavy atom. The molecule has 1 nitrogen and oxygen atoms in total. The molecule has 0 aromatic heterocycles. The molecule has 9 heavy (non-hydrogen) atoms. The van der Waals surface area contributed by atoms with Crippen LogP contribution in [0.25, 0.3) is 0 Å². The standard InChI is InChI=1S/C8H13N/c1-6-4-3-5-8(9)7(6)2/h5H,3-4,9H2,1-2H3. The Hall–Kier alpha value is -0.720. The largest absolute Gasteiger partial charge is 0.399 e. The van der Waals surface area contributed by atoms with Crippen molar-refractivity contribution in [3.63, 3.8) is 0 Å². The Kier molecular flexibility index (Phi) is 1.60. The third-order valence-electron chi connectivity index (χ3n) is 1.96. The van der Waals surface area contributed by atoms with E-state index >= 15 is 0 Å².